The first kappa shape index (κ1) is 17.0. The first-order valence-corrected chi connectivity index (χ1v) is 7.19. The number of nitrogens with zero attached hydrogens (tertiary/aromatic N) is 1. The van der Waals surface area contributed by atoms with Gasteiger partial charge in [0.05, 0.1) is 0 Å². The second-order valence-corrected chi connectivity index (χ2v) is 5.77. The maximum Gasteiger partial charge on any atom is 0.266 e. The van der Waals surface area contributed by atoms with E-state index in [1.807, 2.05) is 13.0 Å². The maximum absolute atomic E-state index is 11.9. The van der Waals surface area contributed by atoms with Crippen molar-refractivity contribution in [1.82, 2.24) is 10.3 Å². The summed E-state index contributed by atoms with van der Waals surface area (Å²) in [4.78, 5) is 26.2. The van der Waals surface area contributed by atoms with Crippen molar-refractivity contribution in [1.29, 1.82) is 5.26 Å². The van der Waals surface area contributed by atoms with Crippen LogP contribution in [0.3, 0.4) is 0 Å². The molecule has 1 unspecified atom stereocenters. The highest BCUT2D eigenvalue weighted by Crippen LogP contribution is 2.15. The van der Waals surface area contributed by atoms with Gasteiger partial charge in [-0.3, -0.25) is 9.59 Å². The second kappa shape index (κ2) is 7.07. The summed E-state index contributed by atoms with van der Waals surface area (Å²) in [6, 6.07) is 2.05. The number of hydrogen-bond donors (Lipinski definition) is 2. The van der Waals surface area contributed by atoms with Gasteiger partial charge >= 0.3 is 0 Å². The fraction of sp³-hybridized carbons (Fsp3) is 0.562. The van der Waals surface area contributed by atoms with E-state index in [4.69, 9.17) is 5.26 Å². The van der Waals surface area contributed by atoms with Crippen molar-refractivity contribution in [3.8, 4) is 6.07 Å². The molecule has 0 spiro atoms. The number of hydrogen-bond acceptors (Lipinski definition) is 3. The highest BCUT2D eigenvalue weighted by Gasteiger charge is 2.15. The van der Waals surface area contributed by atoms with Gasteiger partial charge in [0.15, 0.2) is 0 Å². The summed E-state index contributed by atoms with van der Waals surface area (Å²) in [5.41, 5.74) is 2.03. The van der Waals surface area contributed by atoms with Gasteiger partial charge in [0.25, 0.3) is 5.56 Å². The number of H-pyrrole nitrogens is 1. The Morgan fingerprint density at radius 3 is 2.48 bits per heavy atom. The predicted molar refractivity (Wildman–Crippen MR) is 82.0 cm³/mol. The van der Waals surface area contributed by atoms with E-state index in [1.54, 1.807) is 13.8 Å². The fourth-order valence-corrected chi connectivity index (χ4v) is 2.15. The zero-order chi connectivity index (χ0) is 16.2. The van der Waals surface area contributed by atoms with Gasteiger partial charge in [0, 0.05) is 18.2 Å². The van der Waals surface area contributed by atoms with Gasteiger partial charge in [-0.25, -0.2) is 0 Å². The molecule has 1 aromatic heterocycles. The lowest BCUT2D eigenvalue weighted by Crippen LogP contribution is -2.36. The molecule has 0 aliphatic carbocycles. The van der Waals surface area contributed by atoms with Crippen molar-refractivity contribution in [2.45, 2.75) is 53.5 Å². The molecule has 21 heavy (non-hydrogen) atoms. The molecule has 1 aromatic rings. The minimum atomic E-state index is -0.367. The largest absolute Gasteiger partial charge is 0.353 e. The molecule has 1 rings (SSSR count). The van der Waals surface area contributed by atoms with Crippen LogP contribution in [0.5, 0.6) is 0 Å². The van der Waals surface area contributed by atoms with Crippen LogP contribution in [0.4, 0.5) is 0 Å². The van der Waals surface area contributed by atoms with Crippen LogP contribution in [0.25, 0.3) is 0 Å². The van der Waals surface area contributed by atoms with E-state index in [1.165, 1.54) is 0 Å². The van der Waals surface area contributed by atoms with E-state index in [0.29, 0.717) is 24.3 Å². The molecule has 0 saturated heterocycles. The van der Waals surface area contributed by atoms with Gasteiger partial charge in [-0.1, -0.05) is 13.8 Å². The van der Waals surface area contributed by atoms with Gasteiger partial charge in [0.1, 0.15) is 11.6 Å². The monoisotopic (exact) mass is 289 g/mol. The average Bonchev–Trinajstić information content (AvgIpc) is 2.38. The summed E-state index contributed by atoms with van der Waals surface area (Å²) in [5, 5.41) is 12.0. The van der Waals surface area contributed by atoms with Crippen LogP contribution in [-0.4, -0.2) is 16.9 Å². The van der Waals surface area contributed by atoms with Crippen molar-refractivity contribution in [3.05, 3.63) is 32.7 Å². The Morgan fingerprint density at radius 2 is 1.95 bits per heavy atom. The molecule has 0 saturated carbocycles. The van der Waals surface area contributed by atoms with Crippen molar-refractivity contribution < 1.29 is 4.79 Å². The van der Waals surface area contributed by atoms with Gasteiger partial charge in [0.2, 0.25) is 5.91 Å². The van der Waals surface area contributed by atoms with Crippen LogP contribution in [-0.2, 0) is 11.2 Å². The zero-order valence-corrected chi connectivity index (χ0v) is 13.3. The summed E-state index contributed by atoms with van der Waals surface area (Å²) in [6.07, 6.45) is 0.857. The number of nitrogens with one attached hydrogen (secondary N) is 2. The zero-order valence-electron chi connectivity index (χ0n) is 13.3. The molecule has 0 aromatic carbocycles. The highest BCUT2D eigenvalue weighted by atomic mass is 16.1. The minimum Gasteiger partial charge on any atom is -0.353 e. The summed E-state index contributed by atoms with van der Waals surface area (Å²) in [7, 11) is 0. The van der Waals surface area contributed by atoms with Gasteiger partial charge in [-0.05, 0) is 44.2 Å². The minimum absolute atomic E-state index is 0.0142. The van der Waals surface area contributed by atoms with Crippen molar-refractivity contribution in [2.24, 2.45) is 5.92 Å². The highest BCUT2D eigenvalue weighted by molar-refractivity contribution is 5.76. The molecule has 5 nitrogen and oxygen atoms in total. The van der Waals surface area contributed by atoms with E-state index < -0.39 is 0 Å². The quantitative estimate of drug-likeness (QED) is 0.868. The Kier molecular flexibility index (Phi) is 5.71. The fourth-order valence-electron chi connectivity index (χ4n) is 2.15. The molecular weight excluding hydrogens is 266 g/mol. The third-order valence-electron chi connectivity index (χ3n) is 3.91. The van der Waals surface area contributed by atoms with Gasteiger partial charge < -0.3 is 10.3 Å². The summed E-state index contributed by atoms with van der Waals surface area (Å²) >= 11 is 0. The van der Waals surface area contributed by atoms with E-state index in [2.05, 4.69) is 24.1 Å². The third kappa shape index (κ3) is 4.19. The van der Waals surface area contributed by atoms with E-state index in [9.17, 15) is 9.59 Å². The second-order valence-electron chi connectivity index (χ2n) is 5.77. The number of aromatic nitrogens is 1. The standard InChI is InChI=1S/C16H23N3O2/c1-9(2)11(4)18-15(20)7-6-13-10(3)14(8-17)16(21)19-12(13)5/h9,11H,6-7H2,1-5H3,(H,18,20)(H,19,21). The Balaban J connectivity index is 2.84. The van der Waals surface area contributed by atoms with E-state index in [0.717, 1.165) is 11.3 Å². The molecule has 0 bridgehead atoms. The number of carbonyl (C=O) groups excluding carboxylic acids is 1. The topological polar surface area (TPSA) is 85.8 Å². The van der Waals surface area contributed by atoms with Gasteiger partial charge in [-0.2, -0.15) is 5.26 Å². The van der Waals surface area contributed by atoms with Crippen molar-refractivity contribution in [2.75, 3.05) is 0 Å². The third-order valence-corrected chi connectivity index (χ3v) is 3.91. The number of amides is 1. The number of aryl methyl sites for hydroxylation is 1. The van der Waals surface area contributed by atoms with E-state index >= 15 is 0 Å². The number of carbonyl (C=O) groups is 1. The lowest BCUT2D eigenvalue weighted by Gasteiger charge is -2.18. The molecule has 0 aliphatic rings. The Bertz CT molecular complexity index is 624. The Labute approximate surface area is 125 Å². The molecular formula is C16H23N3O2. The lowest BCUT2D eigenvalue weighted by atomic mass is 9.98. The predicted octanol–water partition coefficient (Wildman–Crippen LogP) is 1.96. The molecule has 0 fully saturated rings. The maximum atomic E-state index is 11.9. The summed E-state index contributed by atoms with van der Waals surface area (Å²) in [6.45, 7) is 9.64. The first-order valence-electron chi connectivity index (χ1n) is 7.19. The van der Waals surface area contributed by atoms with Crippen molar-refractivity contribution >= 4 is 5.91 Å². The molecule has 5 heteroatoms. The number of pyridine rings is 1. The Hall–Kier alpha value is -2.09. The average molecular weight is 289 g/mol. The van der Waals surface area contributed by atoms with Crippen LogP contribution in [0.2, 0.25) is 0 Å². The SMILES string of the molecule is Cc1[nH]c(=O)c(C#N)c(C)c1CCC(=O)NC(C)C(C)C. The van der Waals surface area contributed by atoms with E-state index in [-0.39, 0.29) is 23.1 Å². The number of nitriles is 1. The molecule has 114 valence electrons. The normalized spacial score (nSPS) is 12.0. The molecule has 2 N–H and O–H groups in total. The smallest absolute Gasteiger partial charge is 0.266 e. The molecule has 1 heterocycles. The van der Waals surface area contributed by atoms with Crippen LogP contribution in [0.1, 0.15) is 49.6 Å². The number of rotatable bonds is 5. The Morgan fingerprint density at radius 1 is 1.33 bits per heavy atom. The van der Waals surface area contributed by atoms with Crippen LogP contribution < -0.4 is 10.9 Å². The summed E-state index contributed by atoms with van der Waals surface area (Å²) in [5.74, 6) is 0.371. The first-order chi connectivity index (χ1) is 9.77. The molecule has 1 atom stereocenters. The summed E-state index contributed by atoms with van der Waals surface area (Å²) < 4.78 is 0. The number of aromatic amines is 1. The molecule has 1 amide bonds. The van der Waals surface area contributed by atoms with Crippen LogP contribution in [0, 0.1) is 31.1 Å². The molecule has 0 aliphatic heterocycles. The van der Waals surface area contributed by atoms with Crippen LogP contribution in [0.15, 0.2) is 4.79 Å². The lowest BCUT2D eigenvalue weighted by molar-refractivity contribution is -0.121. The van der Waals surface area contributed by atoms with Crippen LogP contribution >= 0.6 is 0 Å². The van der Waals surface area contributed by atoms with Gasteiger partial charge in [-0.15, -0.1) is 0 Å². The van der Waals surface area contributed by atoms with Crippen molar-refractivity contribution in [3.63, 3.8) is 0 Å². The molecule has 0 radical (unpaired) electrons.